The van der Waals surface area contributed by atoms with Crippen LogP contribution in [0.2, 0.25) is 0 Å². The van der Waals surface area contributed by atoms with E-state index < -0.39 is 0 Å². The summed E-state index contributed by atoms with van der Waals surface area (Å²) in [4.78, 5) is 18.4. The van der Waals surface area contributed by atoms with Gasteiger partial charge in [-0.1, -0.05) is 0 Å². The molecule has 0 bridgehead atoms. The lowest BCUT2D eigenvalue weighted by Gasteiger charge is -1.95. The monoisotopic (exact) mass is 136 g/mol. The van der Waals surface area contributed by atoms with E-state index in [0.29, 0.717) is 5.69 Å². The van der Waals surface area contributed by atoms with Crippen molar-refractivity contribution >= 4 is 5.78 Å². The SMILES string of the molecule is CC(=O)c1ncncc1C. The number of rotatable bonds is 1. The molecule has 0 fully saturated rings. The highest BCUT2D eigenvalue weighted by molar-refractivity contribution is 5.93. The van der Waals surface area contributed by atoms with Gasteiger partial charge < -0.3 is 0 Å². The molecule has 1 heterocycles. The molecule has 0 atom stereocenters. The van der Waals surface area contributed by atoms with E-state index >= 15 is 0 Å². The van der Waals surface area contributed by atoms with Gasteiger partial charge in [0.25, 0.3) is 0 Å². The fourth-order valence-corrected chi connectivity index (χ4v) is 0.768. The molecular weight excluding hydrogens is 128 g/mol. The van der Waals surface area contributed by atoms with E-state index in [1.165, 1.54) is 13.3 Å². The molecule has 0 unspecified atom stereocenters. The van der Waals surface area contributed by atoms with Crippen LogP contribution in [0.4, 0.5) is 0 Å². The van der Waals surface area contributed by atoms with E-state index in [1.54, 1.807) is 6.20 Å². The van der Waals surface area contributed by atoms with Crippen molar-refractivity contribution in [3.8, 4) is 0 Å². The Labute approximate surface area is 59.1 Å². The lowest BCUT2D eigenvalue weighted by molar-refractivity contribution is 0.101. The minimum atomic E-state index is -0.0140. The van der Waals surface area contributed by atoms with Gasteiger partial charge in [-0.25, -0.2) is 9.97 Å². The molecular formula is C7H8N2O. The molecule has 10 heavy (non-hydrogen) atoms. The topological polar surface area (TPSA) is 42.9 Å². The highest BCUT2D eigenvalue weighted by Crippen LogP contribution is 2.00. The molecule has 0 aromatic carbocycles. The molecule has 3 nitrogen and oxygen atoms in total. The van der Waals surface area contributed by atoms with Gasteiger partial charge in [-0.05, 0) is 12.5 Å². The molecule has 0 spiro atoms. The number of aryl methyl sites for hydroxylation is 1. The van der Waals surface area contributed by atoms with E-state index in [9.17, 15) is 4.79 Å². The molecule has 0 aliphatic carbocycles. The summed E-state index contributed by atoms with van der Waals surface area (Å²) in [6, 6.07) is 0. The lowest BCUT2D eigenvalue weighted by atomic mass is 10.2. The van der Waals surface area contributed by atoms with E-state index in [2.05, 4.69) is 9.97 Å². The smallest absolute Gasteiger partial charge is 0.178 e. The molecule has 0 radical (unpaired) electrons. The van der Waals surface area contributed by atoms with Crippen molar-refractivity contribution in [3.05, 3.63) is 23.8 Å². The highest BCUT2D eigenvalue weighted by atomic mass is 16.1. The third-order valence-electron chi connectivity index (χ3n) is 1.23. The van der Waals surface area contributed by atoms with Gasteiger partial charge in [0.1, 0.15) is 12.0 Å². The average Bonchev–Trinajstić information content (AvgIpc) is 1.88. The number of carbonyl (C=O) groups is 1. The summed E-state index contributed by atoms with van der Waals surface area (Å²) in [6.45, 7) is 3.31. The maximum Gasteiger partial charge on any atom is 0.178 e. The summed E-state index contributed by atoms with van der Waals surface area (Å²) in [5.41, 5.74) is 1.34. The van der Waals surface area contributed by atoms with Crippen LogP contribution < -0.4 is 0 Å². The van der Waals surface area contributed by atoms with Gasteiger partial charge in [0, 0.05) is 13.1 Å². The van der Waals surface area contributed by atoms with Gasteiger partial charge in [-0.2, -0.15) is 0 Å². The second-order valence-corrected chi connectivity index (χ2v) is 2.11. The maximum absolute atomic E-state index is 10.8. The molecule has 0 N–H and O–H groups in total. The molecule has 0 saturated carbocycles. The first-order chi connectivity index (χ1) is 4.72. The Morgan fingerprint density at radius 2 is 2.30 bits per heavy atom. The Kier molecular flexibility index (Phi) is 1.76. The minimum Gasteiger partial charge on any atom is -0.293 e. The standard InChI is InChI=1S/C7H8N2O/c1-5-3-8-4-9-7(5)6(2)10/h3-4H,1-2H3. The number of hydrogen-bond donors (Lipinski definition) is 0. The summed E-state index contributed by atoms with van der Waals surface area (Å²) in [5, 5.41) is 0. The van der Waals surface area contributed by atoms with Crippen LogP contribution >= 0.6 is 0 Å². The molecule has 3 heteroatoms. The summed E-state index contributed by atoms with van der Waals surface area (Å²) >= 11 is 0. The number of Topliss-reactive ketones (excluding diaryl/α,β-unsaturated/α-hetero) is 1. The van der Waals surface area contributed by atoms with E-state index in [0.717, 1.165) is 5.56 Å². The van der Waals surface area contributed by atoms with E-state index in [1.807, 2.05) is 6.92 Å². The summed E-state index contributed by atoms with van der Waals surface area (Å²) < 4.78 is 0. The quantitative estimate of drug-likeness (QED) is 0.540. The molecule has 0 aliphatic rings. The van der Waals surface area contributed by atoms with Crippen molar-refractivity contribution in [1.29, 1.82) is 0 Å². The summed E-state index contributed by atoms with van der Waals surface area (Å²) in [7, 11) is 0. The van der Waals surface area contributed by atoms with E-state index in [4.69, 9.17) is 0 Å². The Balaban J connectivity index is 3.15. The van der Waals surface area contributed by atoms with Gasteiger partial charge >= 0.3 is 0 Å². The third-order valence-corrected chi connectivity index (χ3v) is 1.23. The molecule has 0 aliphatic heterocycles. The second-order valence-electron chi connectivity index (χ2n) is 2.11. The molecule has 1 aromatic rings. The van der Waals surface area contributed by atoms with Crippen LogP contribution in [0.25, 0.3) is 0 Å². The minimum absolute atomic E-state index is 0.0140. The van der Waals surface area contributed by atoms with Crippen LogP contribution in [0.1, 0.15) is 23.0 Å². The number of aromatic nitrogens is 2. The first-order valence-electron chi connectivity index (χ1n) is 2.99. The van der Waals surface area contributed by atoms with Gasteiger partial charge in [-0.15, -0.1) is 0 Å². The third kappa shape index (κ3) is 1.18. The fourth-order valence-electron chi connectivity index (χ4n) is 0.768. The van der Waals surface area contributed by atoms with Crippen LogP contribution in [-0.2, 0) is 0 Å². The maximum atomic E-state index is 10.8. The lowest BCUT2D eigenvalue weighted by Crippen LogP contribution is -1.99. The number of nitrogens with zero attached hydrogens (tertiary/aromatic N) is 2. The predicted molar refractivity (Wildman–Crippen MR) is 36.8 cm³/mol. The zero-order chi connectivity index (χ0) is 7.56. The van der Waals surface area contributed by atoms with Crippen molar-refractivity contribution in [2.75, 3.05) is 0 Å². The number of carbonyl (C=O) groups excluding carboxylic acids is 1. The first kappa shape index (κ1) is 6.86. The highest BCUT2D eigenvalue weighted by Gasteiger charge is 2.02. The van der Waals surface area contributed by atoms with Gasteiger partial charge in [0.05, 0.1) is 0 Å². The normalized spacial score (nSPS) is 9.40. The molecule has 0 amide bonds. The summed E-state index contributed by atoms with van der Waals surface area (Å²) in [5.74, 6) is -0.0140. The van der Waals surface area contributed by atoms with Gasteiger partial charge in [-0.3, -0.25) is 4.79 Å². The Morgan fingerprint density at radius 1 is 1.60 bits per heavy atom. The molecule has 1 rings (SSSR count). The van der Waals surface area contributed by atoms with Crippen molar-refractivity contribution in [3.63, 3.8) is 0 Å². The zero-order valence-electron chi connectivity index (χ0n) is 5.96. The van der Waals surface area contributed by atoms with Crippen LogP contribution in [0, 0.1) is 6.92 Å². The summed E-state index contributed by atoms with van der Waals surface area (Å²) in [6.07, 6.45) is 3.01. The first-order valence-corrected chi connectivity index (χ1v) is 2.99. The fraction of sp³-hybridized carbons (Fsp3) is 0.286. The number of hydrogen-bond acceptors (Lipinski definition) is 3. The van der Waals surface area contributed by atoms with Crippen molar-refractivity contribution in [2.45, 2.75) is 13.8 Å². The van der Waals surface area contributed by atoms with E-state index in [-0.39, 0.29) is 5.78 Å². The molecule has 0 saturated heterocycles. The Hall–Kier alpha value is -1.25. The molecule has 52 valence electrons. The zero-order valence-corrected chi connectivity index (χ0v) is 5.96. The van der Waals surface area contributed by atoms with Gasteiger partial charge in [0.2, 0.25) is 0 Å². The van der Waals surface area contributed by atoms with Crippen LogP contribution in [-0.4, -0.2) is 15.8 Å². The average molecular weight is 136 g/mol. The van der Waals surface area contributed by atoms with Crippen LogP contribution in [0.5, 0.6) is 0 Å². The van der Waals surface area contributed by atoms with Crippen LogP contribution in [0.3, 0.4) is 0 Å². The Morgan fingerprint density at radius 3 is 2.70 bits per heavy atom. The molecule has 1 aromatic heterocycles. The van der Waals surface area contributed by atoms with Gasteiger partial charge in [0.15, 0.2) is 5.78 Å². The van der Waals surface area contributed by atoms with Crippen molar-refractivity contribution in [1.82, 2.24) is 9.97 Å². The van der Waals surface area contributed by atoms with Crippen molar-refractivity contribution in [2.24, 2.45) is 0 Å². The number of ketones is 1. The largest absolute Gasteiger partial charge is 0.293 e. The van der Waals surface area contributed by atoms with Crippen molar-refractivity contribution < 1.29 is 4.79 Å². The second kappa shape index (κ2) is 2.56. The Bertz CT molecular complexity index is 258. The predicted octanol–water partition coefficient (Wildman–Crippen LogP) is 0.988. The van der Waals surface area contributed by atoms with Crippen LogP contribution in [0.15, 0.2) is 12.5 Å².